The van der Waals surface area contributed by atoms with E-state index < -0.39 is 0 Å². The molecule has 0 aliphatic heterocycles. The van der Waals surface area contributed by atoms with Gasteiger partial charge in [-0.05, 0) is 69.6 Å². The molecule has 0 N–H and O–H groups in total. The van der Waals surface area contributed by atoms with Gasteiger partial charge in [-0.2, -0.15) is 0 Å². The van der Waals surface area contributed by atoms with Crippen LogP contribution in [0.15, 0.2) is 59.6 Å². The van der Waals surface area contributed by atoms with Gasteiger partial charge in [0.15, 0.2) is 0 Å². The molecule has 0 bridgehead atoms. The normalized spacial score (nSPS) is 17.2. The molecule has 0 aromatic heterocycles. The number of allylic oxidation sites excluding steroid dienone is 6. The number of benzene rings is 1. The van der Waals surface area contributed by atoms with E-state index in [9.17, 15) is 0 Å². The minimum atomic E-state index is 0.410. The Hall–Kier alpha value is -2.46. The third-order valence-corrected chi connectivity index (χ3v) is 4.06. The molecule has 1 saturated carbocycles. The Morgan fingerprint density at radius 2 is 1.82 bits per heavy atom. The van der Waals surface area contributed by atoms with Crippen LogP contribution in [0.3, 0.4) is 0 Å². The minimum absolute atomic E-state index is 0.410. The van der Waals surface area contributed by atoms with Crippen LogP contribution in [0.25, 0.3) is 12.2 Å². The second-order valence-corrected chi connectivity index (χ2v) is 5.68. The van der Waals surface area contributed by atoms with Crippen LogP contribution in [0, 0.1) is 26.2 Å². The Labute approximate surface area is 134 Å². The van der Waals surface area contributed by atoms with Crippen LogP contribution in [0.2, 0.25) is 0 Å². The average molecular weight is 282 g/mol. The highest BCUT2D eigenvalue weighted by atomic mass is 14.2. The van der Waals surface area contributed by atoms with Crippen LogP contribution in [-0.2, 0) is 0 Å². The van der Waals surface area contributed by atoms with Gasteiger partial charge < -0.3 is 0 Å². The maximum Gasteiger partial charge on any atom is 0.126 e. The molecule has 1 aliphatic rings. The van der Waals surface area contributed by atoms with Crippen molar-refractivity contribution >= 4 is 20.0 Å². The molecule has 1 aromatic rings. The molecule has 1 heteroatoms. The zero-order chi connectivity index (χ0) is 16.4. The van der Waals surface area contributed by atoms with E-state index >= 15 is 0 Å². The van der Waals surface area contributed by atoms with Gasteiger partial charge in [0.1, 0.15) is 7.85 Å². The van der Waals surface area contributed by atoms with Crippen molar-refractivity contribution in [1.29, 1.82) is 0 Å². The highest BCUT2D eigenvalue weighted by Crippen LogP contribution is 2.38. The van der Waals surface area contributed by atoms with Gasteiger partial charge in [-0.3, -0.25) is 0 Å². The molecule has 0 spiro atoms. The summed E-state index contributed by atoms with van der Waals surface area (Å²) in [6.45, 7) is 16.7. The van der Waals surface area contributed by atoms with Crippen LogP contribution in [0.1, 0.15) is 17.5 Å². The second-order valence-electron chi connectivity index (χ2n) is 5.68. The predicted octanol–water partition coefficient (Wildman–Crippen LogP) is 2.99. The van der Waals surface area contributed by atoms with Gasteiger partial charge in [-0.1, -0.05) is 49.9 Å². The summed E-state index contributed by atoms with van der Waals surface area (Å²) in [6.07, 6.45) is 9.71. The van der Waals surface area contributed by atoms with Gasteiger partial charge in [-0.25, -0.2) is 0 Å². The fraction of sp³-hybridized carbons (Fsp3) is 0.143. The second kappa shape index (κ2) is 6.12. The Kier molecular flexibility index (Phi) is 4.43. The zero-order valence-electron chi connectivity index (χ0n) is 13.3. The summed E-state index contributed by atoms with van der Waals surface area (Å²) in [6, 6.07) is 4.30. The van der Waals surface area contributed by atoms with Crippen LogP contribution < -0.4 is 10.4 Å². The van der Waals surface area contributed by atoms with E-state index in [1.54, 1.807) is 6.08 Å². The van der Waals surface area contributed by atoms with E-state index in [1.807, 2.05) is 6.08 Å². The quantitative estimate of drug-likeness (QED) is 0.549. The molecule has 0 nitrogen and oxygen atoms in total. The molecule has 0 atom stereocenters. The van der Waals surface area contributed by atoms with Crippen molar-refractivity contribution in [2.24, 2.45) is 0 Å². The fourth-order valence-electron chi connectivity index (χ4n) is 2.71. The van der Waals surface area contributed by atoms with Gasteiger partial charge in [-0.15, -0.1) is 6.42 Å². The molecule has 2 rings (SSSR count). The number of terminal acetylenes is 1. The third kappa shape index (κ3) is 2.92. The van der Waals surface area contributed by atoms with Crippen molar-refractivity contribution in [2.75, 3.05) is 0 Å². The van der Waals surface area contributed by atoms with Gasteiger partial charge in [0.2, 0.25) is 0 Å². The lowest BCUT2D eigenvalue weighted by atomic mass is 9.95. The average Bonchev–Trinajstić information content (AvgIpc) is 2.76. The molecule has 106 valence electrons. The Balaban J connectivity index is 2.62. The molecule has 2 radical (unpaired) electrons. The lowest BCUT2D eigenvalue weighted by Crippen LogP contribution is -2.17. The molecule has 22 heavy (non-hydrogen) atoms. The van der Waals surface area contributed by atoms with Crippen molar-refractivity contribution < 1.29 is 0 Å². The molecule has 1 aromatic carbocycles. The number of hydrogen-bond acceptors (Lipinski definition) is 0. The summed E-state index contributed by atoms with van der Waals surface area (Å²) in [4.78, 5) is 0. The molecule has 0 amide bonds. The van der Waals surface area contributed by atoms with E-state index in [-0.39, 0.29) is 0 Å². The maximum atomic E-state index is 5.65. The lowest BCUT2D eigenvalue weighted by Gasteiger charge is -2.05. The van der Waals surface area contributed by atoms with E-state index in [0.717, 1.165) is 39.2 Å². The Bertz CT molecular complexity index is 854. The van der Waals surface area contributed by atoms with E-state index in [0.29, 0.717) is 5.47 Å². The summed E-state index contributed by atoms with van der Waals surface area (Å²) in [7, 11) is 5.65. The number of rotatable bonds is 1. The molecular formula is C21H19B. The lowest BCUT2D eigenvalue weighted by molar-refractivity contribution is 1.28. The van der Waals surface area contributed by atoms with Gasteiger partial charge >= 0.3 is 0 Å². The maximum absolute atomic E-state index is 5.65. The summed E-state index contributed by atoms with van der Waals surface area (Å²) in [5, 5.41) is 2.23. The van der Waals surface area contributed by atoms with Crippen molar-refractivity contribution in [2.45, 2.75) is 20.3 Å². The van der Waals surface area contributed by atoms with Crippen LogP contribution >= 0.6 is 0 Å². The first-order valence-electron chi connectivity index (χ1n) is 7.16. The number of aryl methyl sites for hydroxylation is 2. The van der Waals surface area contributed by atoms with Gasteiger partial charge in [0, 0.05) is 0 Å². The van der Waals surface area contributed by atoms with Crippen molar-refractivity contribution in [1.82, 2.24) is 0 Å². The van der Waals surface area contributed by atoms with Gasteiger partial charge in [0.05, 0.1) is 0 Å². The van der Waals surface area contributed by atoms with Crippen LogP contribution in [-0.4, -0.2) is 7.85 Å². The SMILES string of the molecule is [B]/C(C#C)=C/C=C1\CC(=C)C(=c2cc(C)c(=C)c(C)c2)C1=C. The monoisotopic (exact) mass is 282 g/mol. The molecule has 1 aliphatic carbocycles. The highest BCUT2D eigenvalue weighted by molar-refractivity contribution is 6.24. The predicted molar refractivity (Wildman–Crippen MR) is 97.7 cm³/mol. The molecular weight excluding hydrogens is 263 g/mol. The molecule has 0 unspecified atom stereocenters. The Morgan fingerprint density at radius 1 is 1.23 bits per heavy atom. The zero-order valence-corrected chi connectivity index (χ0v) is 13.3. The Morgan fingerprint density at radius 3 is 2.36 bits per heavy atom. The van der Waals surface area contributed by atoms with E-state index in [4.69, 9.17) is 14.3 Å². The molecule has 0 heterocycles. The van der Waals surface area contributed by atoms with Crippen molar-refractivity contribution in [3.8, 4) is 12.3 Å². The van der Waals surface area contributed by atoms with E-state index in [2.05, 4.69) is 51.6 Å². The molecule has 1 fully saturated rings. The van der Waals surface area contributed by atoms with E-state index in [1.165, 1.54) is 11.1 Å². The highest BCUT2D eigenvalue weighted by Gasteiger charge is 2.21. The van der Waals surface area contributed by atoms with Crippen LogP contribution in [0.4, 0.5) is 0 Å². The topological polar surface area (TPSA) is 0 Å². The van der Waals surface area contributed by atoms with Crippen LogP contribution in [0.5, 0.6) is 0 Å². The molecule has 0 saturated heterocycles. The third-order valence-electron chi connectivity index (χ3n) is 4.06. The summed E-state index contributed by atoms with van der Waals surface area (Å²) >= 11 is 0. The largest absolute Gasteiger partial charge is 0.126 e. The minimum Gasteiger partial charge on any atom is -0.116 e. The summed E-state index contributed by atoms with van der Waals surface area (Å²) in [5.74, 6) is 2.41. The first-order chi connectivity index (χ1) is 10.3. The smallest absolute Gasteiger partial charge is 0.116 e. The van der Waals surface area contributed by atoms with Crippen molar-refractivity contribution in [3.63, 3.8) is 0 Å². The standard InChI is InChI=1S/C21H19B/c1-7-20(22)9-8-18-12-15(4)21(17(18)6)19-10-13(2)16(5)14(3)11-19/h1,8-11H,4-6,12H2,2-3H3/b18-8+,20-9+. The number of hydrogen-bond donors (Lipinski definition) is 0. The first kappa shape index (κ1) is 15.9. The first-order valence-corrected chi connectivity index (χ1v) is 7.16. The summed E-state index contributed by atoms with van der Waals surface area (Å²) in [5.41, 5.74) is 7.04. The van der Waals surface area contributed by atoms with Crippen molar-refractivity contribution in [3.05, 3.63) is 81.2 Å². The fourth-order valence-corrected chi connectivity index (χ4v) is 2.71. The van der Waals surface area contributed by atoms with Gasteiger partial charge in [0.25, 0.3) is 0 Å². The summed E-state index contributed by atoms with van der Waals surface area (Å²) < 4.78 is 0.